The first-order valence-electron chi connectivity index (χ1n) is 10.7. The largest absolute Gasteiger partial charge is 0.303 e. The summed E-state index contributed by atoms with van der Waals surface area (Å²) in [5.41, 5.74) is 1.08. The molecule has 8 heteroatoms. The summed E-state index contributed by atoms with van der Waals surface area (Å²) >= 11 is 3.54. The molecule has 0 aromatic heterocycles. The van der Waals surface area contributed by atoms with Crippen molar-refractivity contribution in [2.24, 2.45) is 11.8 Å². The molecule has 0 bridgehead atoms. The quantitative estimate of drug-likeness (QED) is 0.582. The zero-order valence-corrected chi connectivity index (χ0v) is 19.6. The Balaban J connectivity index is 1.34. The van der Waals surface area contributed by atoms with E-state index in [0.29, 0.717) is 11.8 Å². The molecule has 2 fully saturated rings. The monoisotopic (exact) mass is 489 g/mol. The predicted molar refractivity (Wildman–Crippen MR) is 118 cm³/mol. The van der Waals surface area contributed by atoms with E-state index in [4.69, 9.17) is 0 Å². The van der Waals surface area contributed by atoms with Crippen LogP contribution >= 0.6 is 15.9 Å². The third-order valence-corrected chi connectivity index (χ3v) is 8.47. The van der Waals surface area contributed by atoms with Gasteiger partial charge in [-0.3, -0.25) is 0 Å². The van der Waals surface area contributed by atoms with E-state index < -0.39 is 10.2 Å². The van der Waals surface area contributed by atoms with E-state index in [0.717, 1.165) is 61.8 Å². The molecule has 1 aromatic rings. The highest BCUT2D eigenvalue weighted by molar-refractivity contribution is 9.10. The summed E-state index contributed by atoms with van der Waals surface area (Å²) in [4.78, 5) is 2.56. The Labute approximate surface area is 183 Å². The van der Waals surface area contributed by atoms with Crippen LogP contribution in [0.5, 0.6) is 0 Å². The standard InChI is InChI=1S/C21H33BrFN3O2S/c1-24-29(27,28)25-20-5-2-16(3-6-20)8-11-26-12-9-17(10-13-26)14-18-15-19(23)4-7-21(18)22/h4,7,15-17,20,24-25H,2-3,5-6,8-14H2,1H3/t16-,20-. The molecular weight excluding hydrogens is 457 g/mol. The molecule has 1 aliphatic carbocycles. The maximum atomic E-state index is 13.5. The second-order valence-corrected chi connectivity index (χ2v) is 11.1. The zero-order chi connectivity index (χ0) is 20.9. The zero-order valence-electron chi connectivity index (χ0n) is 17.2. The van der Waals surface area contributed by atoms with Gasteiger partial charge in [-0.25, -0.2) is 9.11 Å². The number of nitrogens with zero attached hydrogens (tertiary/aromatic N) is 1. The van der Waals surface area contributed by atoms with Crippen LogP contribution in [0.25, 0.3) is 0 Å². The number of likely N-dealkylation sites (tertiary alicyclic amines) is 1. The Kier molecular flexibility index (Phi) is 8.51. The van der Waals surface area contributed by atoms with Gasteiger partial charge in [0, 0.05) is 17.6 Å². The minimum absolute atomic E-state index is 0.0709. The van der Waals surface area contributed by atoms with E-state index in [2.05, 4.69) is 30.3 Å². The third kappa shape index (κ3) is 7.28. The molecule has 0 atom stereocenters. The molecule has 164 valence electrons. The van der Waals surface area contributed by atoms with Crippen LogP contribution < -0.4 is 9.44 Å². The van der Waals surface area contributed by atoms with Crippen LogP contribution in [0.2, 0.25) is 0 Å². The normalized spacial score (nSPS) is 24.7. The van der Waals surface area contributed by atoms with Crippen molar-refractivity contribution in [1.82, 2.24) is 14.3 Å². The van der Waals surface area contributed by atoms with E-state index in [1.807, 2.05) is 0 Å². The fourth-order valence-corrected chi connectivity index (χ4v) is 5.84. The summed E-state index contributed by atoms with van der Waals surface area (Å²) in [7, 11) is -1.89. The van der Waals surface area contributed by atoms with Gasteiger partial charge in [0.15, 0.2) is 0 Å². The van der Waals surface area contributed by atoms with Crippen LogP contribution in [0.1, 0.15) is 50.5 Å². The average molecular weight is 490 g/mol. The van der Waals surface area contributed by atoms with Crippen LogP contribution in [-0.2, 0) is 16.6 Å². The Morgan fingerprint density at radius 1 is 1.10 bits per heavy atom. The number of rotatable bonds is 8. The first-order valence-corrected chi connectivity index (χ1v) is 13.0. The van der Waals surface area contributed by atoms with Gasteiger partial charge < -0.3 is 4.90 Å². The van der Waals surface area contributed by atoms with Crippen molar-refractivity contribution in [1.29, 1.82) is 0 Å². The second-order valence-electron chi connectivity index (χ2n) is 8.56. The molecule has 0 radical (unpaired) electrons. The molecule has 2 N–H and O–H groups in total. The van der Waals surface area contributed by atoms with Crippen LogP contribution in [0.3, 0.4) is 0 Å². The summed E-state index contributed by atoms with van der Waals surface area (Å²) in [6.07, 6.45) is 8.53. The Morgan fingerprint density at radius 3 is 2.45 bits per heavy atom. The number of piperidine rings is 1. The van der Waals surface area contributed by atoms with Gasteiger partial charge >= 0.3 is 0 Å². The Hall–Kier alpha value is -0.540. The van der Waals surface area contributed by atoms with E-state index in [1.165, 1.54) is 32.4 Å². The SMILES string of the molecule is CNS(=O)(=O)N[C@H]1CC[C@H](CCN2CCC(Cc3cc(F)ccc3Br)CC2)CC1. The summed E-state index contributed by atoms with van der Waals surface area (Å²) in [5.74, 6) is 1.17. The molecule has 29 heavy (non-hydrogen) atoms. The van der Waals surface area contributed by atoms with Gasteiger partial charge in [0.25, 0.3) is 10.2 Å². The molecule has 1 saturated heterocycles. The molecule has 1 saturated carbocycles. The van der Waals surface area contributed by atoms with Crippen molar-refractivity contribution in [3.05, 3.63) is 34.1 Å². The van der Waals surface area contributed by atoms with E-state index in [-0.39, 0.29) is 11.9 Å². The molecule has 1 aromatic carbocycles. The lowest BCUT2D eigenvalue weighted by atomic mass is 9.84. The van der Waals surface area contributed by atoms with Crippen molar-refractivity contribution in [2.75, 3.05) is 26.7 Å². The smallest absolute Gasteiger partial charge is 0.276 e. The highest BCUT2D eigenvalue weighted by Crippen LogP contribution is 2.29. The van der Waals surface area contributed by atoms with Gasteiger partial charge in [-0.05, 0) is 107 Å². The van der Waals surface area contributed by atoms with Gasteiger partial charge in [-0.15, -0.1) is 0 Å². The number of halogens is 2. The first-order chi connectivity index (χ1) is 13.8. The molecule has 0 unspecified atom stereocenters. The van der Waals surface area contributed by atoms with Crippen LogP contribution in [0, 0.1) is 17.7 Å². The summed E-state index contributed by atoms with van der Waals surface area (Å²) < 4.78 is 42.8. The molecule has 1 heterocycles. The molecule has 2 aliphatic rings. The van der Waals surface area contributed by atoms with E-state index >= 15 is 0 Å². The van der Waals surface area contributed by atoms with E-state index in [1.54, 1.807) is 12.1 Å². The maximum Gasteiger partial charge on any atom is 0.276 e. The molecule has 5 nitrogen and oxygen atoms in total. The summed E-state index contributed by atoms with van der Waals surface area (Å²) in [6, 6.07) is 5.03. The molecule has 1 aliphatic heterocycles. The minimum atomic E-state index is -3.33. The van der Waals surface area contributed by atoms with Crippen molar-refractivity contribution in [3.63, 3.8) is 0 Å². The lowest BCUT2D eigenvalue weighted by Gasteiger charge is -2.34. The lowest BCUT2D eigenvalue weighted by Crippen LogP contribution is -2.43. The lowest BCUT2D eigenvalue weighted by molar-refractivity contribution is 0.164. The molecule has 0 amide bonds. The van der Waals surface area contributed by atoms with Crippen LogP contribution in [0.4, 0.5) is 4.39 Å². The van der Waals surface area contributed by atoms with Gasteiger partial charge in [-0.2, -0.15) is 13.1 Å². The summed E-state index contributed by atoms with van der Waals surface area (Å²) in [5, 5.41) is 0. The molecule has 3 rings (SSSR count). The first kappa shape index (κ1) is 23.1. The van der Waals surface area contributed by atoms with Crippen LogP contribution in [0.15, 0.2) is 22.7 Å². The van der Waals surface area contributed by atoms with Crippen molar-refractivity contribution in [2.45, 2.75) is 57.4 Å². The van der Waals surface area contributed by atoms with Crippen molar-refractivity contribution >= 4 is 26.1 Å². The van der Waals surface area contributed by atoms with Crippen molar-refractivity contribution < 1.29 is 12.8 Å². The molecular formula is C21H33BrFN3O2S. The number of nitrogens with one attached hydrogen (secondary N) is 2. The Morgan fingerprint density at radius 2 is 1.79 bits per heavy atom. The Bertz CT molecular complexity index is 761. The van der Waals surface area contributed by atoms with Crippen molar-refractivity contribution in [3.8, 4) is 0 Å². The number of benzene rings is 1. The predicted octanol–water partition coefficient (Wildman–Crippen LogP) is 3.85. The maximum absolute atomic E-state index is 13.5. The summed E-state index contributed by atoms with van der Waals surface area (Å²) in [6.45, 7) is 3.37. The highest BCUT2D eigenvalue weighted by atomic mass is 79.9. The fourth-order valence-electron chi connectivity index (χ4n) is 4.64. The minimum Gasteiger partial charge on any atom is -0.303 e. The number of hydrogen-bond acceptors (Lipinski definition) is 3. The van der Waals surface area contributed by atoms with E-state index in [9.17, 15) is 12.8 Å². The second kappa shape index (κ2) is 10.7. The van der Waals surface area contributed by atoms with Gasteiger partial charge in [0.2, 0.25) is 0 Å². The van der Waals surface area contributed by atoms with Gasteiger partial charge in [0.1, 0.15) is 5.82 Å². The van der Waals surface area contributed by atoms with Gasteiger partial charge in [-0.1, -0.05) is 15.9 Å². The fraction of sp³-hybridized carbons (Fsp3) is 0.714. The number of hydrogen-bond donors (Lipinski definition) is 2. The topological polar surface area (TPSA) is 61.4 Å². The van der Waals surface area contributed by atoms with Crippen LogP contribution in [-0.4, -0.2) is 46.0 Å². The molecule has 0 spiro atoms. The highest BCUT2D eigenvalue weighted by Gasteiger charge is 2.25. The third-order valence-electron chi connectivity index (χ3n) is 6.51. The average Bonchev–Trinajstić information content (AvgIpc) is 2.71. The van der Waals surface area contributed by atoms with Gasteiger partial charge in [0.05, 0.1) is 0 Å².